The van der Waals surface area contributed by atoms with E-state index in [1.54, 1.807) is 12.3 Å². The minimum absolute atomic E-state index is 0.220. The third kappa shape index (κ3) is 1.00. The van der Waals surface area contributed by atoms with Crippen LogP contribution in [-0.4, -0.2) is 10.1 Å². The van der Waals surface area contributed by atoms with Gasteiger partial charge in [0.2, 0.25) is 0 Å². The van der Waals surface area contributed by atoms with Crippen LogP contribution in [0.5, 0.6) is 5.75 Å². The summed E-state index contributed by atoms with van der Waals surface area (Å²) in [5, 5.41) is 9.26. The Hall–Kier alpha value is -1.31. The first-order valence-electron chi connectivity index (χ1n) is 3.02. The van der Waals surface area contributed by atoms with Gasteiger partial charge in [-0.2, -0.15) is 0 Å². The van der Waals surface area contributed by atoms with Crippen LogP contribution in [0.2, 0.25) is 0 Å². The molecule has 0 unspecified atom stereocenters. The van der Waals surface area contributed by atoms with Gasteiger partial charge in [0.15, 0.2) is 0 Å². The van der Waals surface area contributed by atoms with Crippen LogP contribution in [0, 0.1) is 6.92 Å². The Balaban J connectivity index is 3.27. The Morgan fingerprint density at radius 1 is 1.70 bits per heavy atom. The molecule has 1 aromatic heterocycles. The molecule has 0 amide bonds. The molecule has 0 bridgehead atoms. The number of hydrogen-bond donors (Lipinski definition) is 1. The summed E-state index contributed by atoms with van der Waals surface area (Å²) >= 11 is 0. The molecule has 1 heterocycles. The van der Waals surface area contributed by atoms with Crippen molar-refractivity contribution >= 4 is 6.08 Å². The van der Waals surface area contributed by atoms with E-state index < -0.39 is 0 Å². The van der Waals surface area contributed by atoms with Crippen LogP contribution in [0.3, 0.4) is 0 Å². The number of aromatic nitrogens is 1. The number of pyridine rings is 1. The van der Waals surface area contributed by atoms with E-state index in [-0.39, 0.29) is 5.75 Å². The van der Waals surface area contributed by atoms with Crippen molar-refractivity contribution in [1.82, 2.24) is 4.98 Å². The first-order chi connectivity index (χ1) is 4.75. The van der Waals surface area contributed by atoms with Crippen molar-refractivity contribution in [2.45, 2.75) is 6.92 Å². The van der Waals surface area contributed by atoms with Gasteiger partial charge in [-0.3, -0.25) is 4.98 Å². The molecule has 0 aliphatic heterocycles. The lowest BCUT2D eigenvalue weighted by atomic mass is 10.2. The highest BCUT2D eigenvalue weighted by molar-refractivity contribution is 5.52. The quantitative estimate of drug-likeness (QED) is 0.636. The predicted octanol–water partition coefficient (Wildman–Crippen LogP) is 1.74. The van der Waals surface area contributed by atoms with Crippen LogP contribution in [0.15, 0.2) is 18.8 Å². The van der Waals surface area contributed by atoms with Gasteiger partial charge in [-0.25, -0.2) is 0 Å². The van der Waals surface area contributed by atoms with Crippen LogP contribution < -0.4 is 0 Å². The summed E-state index contributed by atoms with van der Waals surface area (Å²) in [6.45, 7) is 5.33. The molecule has 1 rings (SSSR count). The second kappa shape index (κ2) is 2.52. The second-order valence-corrected chi connectivity index (χ2v) is 2.07. The van der Waals surface area contributed by atoms with Gasteiger partial charge in [-0.15, -0.1) is 0 Å². The SMILES string of the molecule is C=Cc1nccc(C)c1O. The Bertz CT molecular complexity index is 255. The van der Waals surface area contributed by atoms with Crippen molar-refractivity contribution in [3.63, 3.8) is 0 Å². The Morgan fingerprint density at radius 3 is 2.90 bits per heavy atom. The van der Waals surface area contributed by atoms with Gasteiger partial charge in [-0.05, 0) is 24.6 Å². The van der Waals surface area contributed by atoms with E-state index in [4.69, 9.17) is 0 Å². The first kappa shape index (κ1) is 6.81. The van der Waals surface area contributed by atoms with Crippen molar-refractivity contribution in [1.29, 1.82) is 0 Å². The zero-order chi connectivity index (χ0) is 7.56. The second-order valence-electron chi connectivity index (χ2n) is 2.07. The van der Waals surface area contributed by atoms with Crippen LogP contribution >= 0.6 is 0 Å². The molecule has 0 aliphatic carbocycles. The molecule has 1 N–H and O–H groups in total. The molecular weight excluding hydrogens is 126 g/mol. The highest BCUT2D eigenvalue weighted by Crippen LogP contribution is 2.18. The number of hydrogen-bond acceptors (Lipinski definition) is 2. The Morgan fingerprint density at radius 2 is 2.40 bits per heavy atom. The van der Waals surface area contributed by atoms with Crippen molar-refractivity contribution < 1.29 is 5.11 Å². The molecule has 0 aliphatic rings. The minimum atomic E-state index is 0.220. The van der Waals surface area contributed by atoms with Crippen molar-refractivity contribution in [3.05, 3.63) is 30.1 Å². The van der Waals surface area contributed by atoms with Crippen LogP contribution in [0.1, 0.15) is 11.3 Å². The van der Waals surface area contributed by atoms with E-state index in [0.29, 0.717) is 5.69 Å². The maximum Gasteiger partial charge on any atom is 0.144 e. The number of aryl methyl sites for hydroxylation is 1. The van der Waals surface area contributed by atoms with E-state index in [2.05, 4.69) is 11.6 Å². The molecule has 0 fully saturated rings. The summed E-state index contributed by atoms with van der Waals surface area (Å²) in [7, 11) is 0. The first-order valence-corrected chi connectivity index (χ1v) is 3.02. The monoisotopic (exact) mass is 135 g/mol. The maximum absolute atomic E-state index is 9.26. The molecule has 0 aromatic carbocycles. The summed E-state index contributed by atoms with van der Waals surface area (Å²) < 4.78 is 0. The van der Waals surface area contributed by atoms with Gasteiger partial charge in [0, 0.05) is 6.20 Å². The molecule has 2 heteroatoms. The fourth-order valence-electron chi connectivity index (χ4n) is 0.721. The Labute approximate surface area is 59.9 Å². The van der Waals surface area contributed by atoms with Gasteiger partial charge in [-0.1, -0.05) is 6.58 Å². The molecule has 0 radical (unpaired) electrons. The summed E-state index contributed by atoms with van der Waals surface area (Å²) in [6.07, 6.45) is 3.18. The lowest BCUT2D eigenvalue weighted by molar-refractivity contribution is 0.467. The summed E-state index contributed by atoms with van der Waals surface area (Å²) in [4.78, 5) is 3.89. The maximum atomic E-state index is 9.26. The standard InChI is InChI=1S/C8H9NO/c1-3-7-8(10)6(2)4-5-9-7/h3-5,10H,1H2,2H3. The molecule has 10 heavy (non-hydrogen) atoms. The van der Waals surface area contributed by atoms with Crippen LogP contribution in [0.25, 0.3) is 6.08 Å². The summed E-state index contributed by atoms with van der Waals surface area (Å²) in [6, 6.07) is 1.75. The molecule has 52 valence electrons. The summed E-state index contributed by atoms with van der Waals surface area (Å²) in [5.41, 5.74) is 1.37. The molecule has 0 spiro atoms. The smallest absolute Gasteiger partial charge is 0.144 e. The topological polar surface area (TPSA) is 33.1 Å². The van der Waals surface area contributed by atoms with E-state index in [1.807, 2.05) is 6.92 Å². The van der Waals surface area contributed by atoms with Gasteiger partial charge in [0.05, 0.1) is 0 Å². The van der Waals surface area contributed by atoms with E-state index in [9.17, 15) is 5.11 Å². The van der Waals surface area contributed by atoms with Crippen LogP contribution in [0.4, 0.5) is 0 Å². The molecular formula is C8H9NO. The highest BCUT2D eigenvalue weighted by atomic mass is 16.3. The highest BCUT2D eigenvalue weighted by Gasteiger charge is 1.98. The lowest BCUT2D eigenvalue weighted by Crippen LogP contribution is -1.82. The summed E-state index contributed by atoms with van der Waals surface area (Å²) in [5.74, 6) is 0.220. The van der Waals surface area contributed by atoms with Gasteiger partial charge < -0.3 is 5.11 Å². The fourth-order valence-corrected chi connectivity index (χ4v) is 0.721. The third-order valence-electron chi connectivity index (χ3n) is 1.35. The molecule has 0 atom stereocenters. The molecule has 1 aromatic rings. The van der Waals surface area contributed by atoms with E-state index >= 15 is 0 Å². The van der Waals surface area contributed by atoms with Crippen molar-refractivity contribution in [2.75, 3.05) is 0 Å². The fraction of sp³-hybridized carbons (Fsp3) is 0.125. The minimum Gasteiger partial charge on any atom is -0.505 e. The third-order valence-corrected chi connectivity index (χ3v) is 1.35. The normalized spacial score (nSPS) is 9.30. The molecule has 0 saturated carbocycles. The average Bonchev–Trinajstić information content (AvgIpc) is 1.95. The lowest BCUT2D eigenvalue weighted by Gasteiger charge is -1.99. The van der Waals surface area contributed by atoms with Crippen molar-refractivity contribution in [3.8, 4) is 5.75 Å². The van der Waals surface area contributed by atoms with Gasteiger partial charge >= 0.3 is 0 Å². The number of aromatic hydroxyl groups is 1. The van der Waals surface area contributed by atoms with E-state index in [1.165, 1.54) is 6.08 Å². The zero-order valence-electron chi connectivity index (χ0n) is 5.83. The zero-order valence-corrected chi connectivity index (χ0v) is 5.83. The van der Waals surface area contributed by atoms with Gasteiger partial charge in [0.25, 0.3) is 0 Å². The van der Waals surface area contributed by atoms with Crippen molar-refractivity contribution in [2.24, 2.45) is 0 Å². The number of nitrogens with zero attached hydrogens (tertiary/aromatic N) is 1. The van der Waals surface area contributed by atoms with E-state index in [0.717, 1.165) is 5.56 Å². The molecule has 0 saturated heterocycles. The van der Waals surface area contributed by atoms with Gasteiger partial charge in [0.1, 0.15) is 11.4 Å². The largest absolute Gasteiger partial charge is 0.505 e. The van der Waals surface area contributed by atoms with Crippen LogP contribution in [-0.2, 0) is 0 Å². The average molecular weight is 135 g/mol. The number of rotatable bonds is 1. The molecule has 2 nitrogen and oxygen atoms in total. The predicted molar refractivity (Wildman–Crippen MR) is 40.7 cm³/mol. The Kier molecular flexibility index (Phi) is 1.71.